The molecule has 5 heteroatoms. The molecule has 0 aliphatic heterocycles. The smallest absolute Gasteiger partial charge is 0.255 e. The van der Waals surface area contributed by atoms with E-state index in [9.17, 15) is 4.39 Å². The molecule has 0 aliphatic carbocycles. The molecule has 1 heterocycles. The molecule has 0 bridgehead atoms. The molecule has 0 spiro atoms. The van der Waals surface area contributed by atoms with Gasteiger partial charge >= 0.3 is 0 Å². The maximum Gasteiger partial charge on any atom is 0.255 e. The number of halogens is 1. The molecular weight excluding hydrogens is 197 g/mol. The van der Waals surface area contributed by atoms with Crippen molar-refractivity contribution in [3.05, 3.63) is 24.3 Å². The van der Waals surface area contributed by atoms with Gasteiger partial charge in [0, 0.05) is 25.8 Å². The number of aromatic nitrogens is 1. The minimum atomic E-state index is -0.570. The predicted molar refractivity (Wildman–Crippen MR) is 56.2 cm³/mol. The van der Waals surface area contributed by atoms with Gasteiger partial charge in [-0.1, -0.05) is 0 Å². The number of pyridine rings is 1. The van der Waals surface area contributed by atoms with Gasteiger partial charge in [0.2, 0.25) is 0 Å². The third-order valence-electron chi connectivity index (χ3n) is 1.97. The largest absolute Gasteiger partial charge is 0.487 e. The number of nitrogens with zero attached hydrogens (tertiary/aromatic N) is 2. The van der Waals surface area contributed by atoms with Gasteiger partial charge in [-0.25, -0.2) is 4.98 Å². The van der Waals surface area contributed by atoms with E-state index in [0.29, 0.717) is 19.7 Å². The fraction of sp³-hybridized carbons (Fsp3) is 0.500. The first-order chi connectivity index (χ1) is 7.24. The van der Waals surface area contributed by atoms with Gasteiger partial charge in [0.1, 0.15) is 6.61 Å². The molecule has 0 fully saturated rings. The summed E-state index contributed by atoms with van der Waals surface area (Å²) in [5.41, 5.74) is 5.38. The molecule has 1 aromatic rings. The van der Waals surface area contributed by atoms with Crippen LogP contribution in [-0.2, 0) is 0 Å². The van der Waals surface area contributed by atoms with Crippen molar-refractivity contribution in [1.82, 2.24) is 9.88 Å². The van der Waals surface area contributed by atoms with Crippen molar-refractivity contribution in [2.24, 2.45) is 5.73 Å². The monoisotopic (exact) mass is 213 g/mol. The predicted octanol–water partition coefficient (Wildman–Crippen LogP) is 0.490. The maximum atomic E-state index is 13.0. The molecule has 0 amide bonds. The van der Waals surface area contributed by atoms with E-state index in [1.807, 2.05) is 11.9 Å². The lowest BCUT2D eigenvalue weighted by molar-refractivity contribution is 0.232. The fourth-order valence-electron chi connectivity index (χ4n) is 1.12. The second-order valence-corrected chi connectivity index (χ2v) is 3.23. The molecule has 1 rings (SSSR count). The Bertz CT molecular complexity index is 296. The molecule has 0 atom stereocenters. The van der Waals surface area contributed by atoms with Gasteiger partial charge in [-0.05, 0) is 19.2 Å². The Kier molecular flexibility index (Phi) is 5.00. The summed E-state index contributed by atoms with van der Waals surface area (Å²) in [5, 5.41) is 0. The van der Waals surface area contributed by atoms with E-state index in [2.05, 4.69) is 4.98 Å². The van der Waals surface area contributed by atoms with Crippen LogP contribution in [0.25, 0.3) is 0 Å². The molecule has 0 radical (unpaired) electrons. The summed E-state index contributed by atoms with van der Waals surface area (Å²) in [7, 11) is 1.94. The Morgan fingerprint density at radius 3 is 3.00 bits per heavy atom. The van der Waals surface area contributed by atoms with E-state index >= 15 is 0 Å². The zero-order valence-electron chi connectivity index (χ0n) is 8.82. The van der Waals surface area contributed by atoms with Gasteiger partial charge in [0.25, 0.3) is 5.95 Å². The van der Waals surface area contributed by atoms with Crippen LogP contribution in [0, 0.1) is 5.95 Å². The zero-order chi connectivity index (χ0) is 11.1. The van der Waals surface area contributed by atoms with Crippen molar-refractivity contribution in [1.29, 1.82) is 0 Å². The van der Waals surface area contributed by atoms with Crippen molar-refractivity contribution in [3.8, 4) is 5.75 Å². The molecule has 1 aromatic heterocycles. The first-order valence-electron chi connectivity index (χ1n) is 4.86. The molecular formula is C10H16FN3O. The summed E-state index contributed by atoms with van der Waals surface area (Å²) in [4.78, 5) is 5.51. The van der Waals surface area contributed by atoms with Gasteiger partial charge < -0.3 is 15.4 Å². The highest BCUT2D eigenvalue weighted by molar-refractivity contribution is 5.17. The number of rotatable bonds is 6. The molecule has 15 heavy (non-hydrogen) atoms. The summed E-state index contributed by atoms with van der Waals surface area (Å²) >= 11 is 0. The quantitative estimate of drug-likeness (QED) is 0.699. The standard InChI is InChI=1S/C10H16FN3O/c1-14(6-4-12)7-8-15-9-3-2-5-13-10(9)11/h2-3,5H,4,6-8,12H2,1H3. The van der Waals surface area contributed by atoms with Crippen LogP contribution in [0.15, 0.2) is 18.3 Å². The molecule has 2 N–H and O–H groups in total. The Morgan fingerprint density at radius 2 is 2.33 bits per heavy atom. The average molecular weight is 213 g/mol. The summed E-state index contributed by atoms with van der Waals surface area (Å²) in [6.07, 6.45) is 1.39. The molecule has 0 saturated heterocycles. The van der Waals surface area contributed by atoms with E-state index in [4.69, 9.17) is 10.5 Å². The Labute approximate surface area is 88.9 Å². The van der Waals surface area contributed by atoms with Crippen molar-refractivity contribution < 1.29 is 9.13 Å². The van der Waals surface area contributed by atoms with Crippen molar-refractivity contribution in [3.63, 3.8) is 0 Å². The van der Waals surface area contributed by atoms with Crippen LogP contribution in [-0.4, -0.2) is 43.2 Å². The van der Waals surface area contributed by atoms with Crippen molar-refractivity contribution in [2.75, 3.05) is 33.3 Å². The number of hydrogen-bond acceptors (Lipinski definition) is 4. The second kappa shape index (κ2) is 6.31. The van der Waals surface area contributed by atoms with Crippen LogP contribution in [0.4, 0.5) is 4.39 Å². The summed E-state index contributed by atoms with van der Waals surface area (Å²) < 4.78 is 18.2. The number of nitrogens with two attached hydrogens (primary N) is 1. The first kappa shape index (κ1) is 11.9. The van der Waals surface area contributed by atoms with Crippen LogP contribution in [0.2, 0.25) is 0 Å². The third kappa shape index (κ3) is 4.22. The molecule has 84 valence electrons. The summed E-state index contributed by atoms with van der Waals surface area (Å²) in [6, 6.07) is 3.20. The molecule has 4 nitrogen and oxygen atoms in total. The van der Waals surface area contributed by atoms with Crippen LogP contribution in [0.5, 0.6) is 5.75 Å². The summed E-state index contributed by atoms with van der Waals surface area (Å²) in [6.45, 7) is 2.56. The van der Waals surface area contributed by atoms with E-state index in [1.54, 1.807) is 12.1 Å². The Morgan fingerprint density at radius 1 is 1.53 bits per heavy atom. The Hall–Kier alpha value is -1.20. The van der Waals surface area contributed by atoms with Crippen molar-refractivity contribution >= 4 is 0 Å². The van der Waals surface area contributed by atoms with Gasteiger partial charge in [-0.2, -0.15) is 4.39 Å². The molecule has 0 aliphatic rings. The third-order valence-corrected chi connectivity index (χ3v) is 1.97. The highest BCUT2D eigenvalue weighted by Crippen LogP contribution is 2.12. The SMILES string of the molecule is CN(CCN)CCOc1cccnc1F. The molecule has 0 aromatic carbocycles. The minimum absolute atomic E-state index is 0.193. The van der Waals surface area contributed by atoms with Crippen LogP contribution < -0.4 is 10.5 Å². The van der Waals surface area contributed by atoms with E-state index in [0.717, 1.165) is 6.54 Å². The minimum Gasteiger partial charge on any atom is -0.487 e. The van der Waals surface area contributed by atoms with Gasteiger partial charge in [-0.15, -0.1) is 0 Å². The normalized spacial score (nSPS) is 10.7. The van der Waals surface area contributed by atoms with Crippen molar-refractivity contribution in [2.45, 2.75) is 0 Å². The highest BCUT2D eigenvalue weighted by Gasteiger charge is 2.03. The lowest BCUT2D eigenvalue weighted by atomic mass is 10.4. The van der Waals surface area contributed by atoms with Crippen LogP contribution in [0.1, 0.15) is 0 Å². The van der Waals surface area contributed by atoms with Gasteiger partial charge in [0.05, 0.1) is 0 Å². The lowest BCUT2D eigenvalue weighted by Crippen LogP contribution is -2.29. The number of hydrogen-bond donors (Lipinski definition) is 1. The lowest BCUT2D eigenvalue weighted by Gasteiger charge is -2.15. The van der Waals surface area contributed by atoms with Crippen LogP contribution in [0.3, 0.4) is 0 Å². The van der Waals surface area contributed by atoms with Gasteiger partial charge in [-0.3, -0.25) is 0 Å². The fourth-order valence-corrected chi connectivity index (χ4v) is 1.12. The van der Waals surface area contributed by atoms with E-state index in [1.165, 1.54) is 6.20 Å². The zero-order valence-corrected chi connectivity index (χ0v) is 8.82. The van der Waals surface area contributed by atoms with E-state index < -0.39 is 5.95 Å². The molecule has 0 unspecified atom stereocenters. The Balaban J connectivity index is 2.29. The van der Waals surface area contributed by atoms with E-state index in [-0.39, 0.29) is 5.75 Å². The molecule has 0 saturated carbocycles. The van der Waals surface area contributed by atoms with Crippen LogP contribution >= 0.6 is 0 Å². The number of likely N-dealkylation sites (N-methyl/N-ethyl adjacent to an activating group) is 1. The average Bonchev–Trinajstić information content (AvgIpc) is 2.21. The first-order valence-corrected chi connectivity index (χ1v) is 4.86. The highest BCUT2D eigenvalue weighted by atomic mass is 19.1. The maximum absolute atomic E-state index is 13.0. The summed E-state index contributed by atoms with van der Waals surface area (Å²) in [5.74, 6) is -0.377. The second-order valence-electron chi connectivity index (χ2n) is 3.23. The number of ether oxygens (including phenoxy) is 1. The van der Waals surface area contributed by atoms with Gasteiger partial charge in [0.15, 0.2) is 5.75 Å². The topological polar surface area (TPSA) is 51.4 Å².